The van der Waals surface area contributed by atoms with Crippen molar-refractivity contribution in [2.45, 2.75) is 45.7 Å². The highest BCUT2D eigenvalue weighted by molar-refractivity contribution is 5.55. The summed E-state index contributed by atoms with van der Waals surface area (Å²) < 4.78 is 0. The van der Waals surface area contributed by atoms with E-state index in [0.29, 0.717) is 5.69 Å². The molecule has 0 aromatic carbocycles. The lowest BCUT2D eigenvalue weighted by Gasteiger charge is -2.35. The first-order valence-corrected chi connectivity index (χ1v) is 10.3. The Bertz CT molecular complexity index is 1060. The van der Waals surface area contributed by atoms with Gasteiger partial charge < -0.3 is 5.32 Å². The molecule has 30 heavy (non-hydrogen) atoms. The van der Waals surface area contributed by atoms with Crippen LogP contribution in [0.5, 0.6) is 0 Å². The van der Waals surface area contributed by atoms with Crippen molar-refractivity contribution < 1.29 is 0 Å². The molecule has 152 valence electrons. The fraction of sp³-hybridized carbons (Fsp3) is 0.348. The lowest BCUT2D eigenvalue weighted by atomic mass is 9.98. The highest BCUT2D eigenvalue weighted by Crippen LogP contribution is 2.32. The molecule has 0 bridgehead atoms. The Kier molecular flexibility index (Phi) is 5.96. The van der Waals surface area contributed by atoms with E-state index in [-0.39, 0.29) is 6.04 Å². The highest BCUT2D eigenvalue weighted by atomic mass is 15.2. The van der Waals surface area contributed by atoms with Gasteiger partial charge >= 0.3 is 0 Å². The second kappa shape index (κ2) is 8.97. The molecule has 0 aliphatic carbocycles. The van der Waals surface area contributed by atoms with Crippen molar-refractivity contribution in [1.82, 2.24) is 24.8 Å². The molecule has 0 spiro atoms. The number of aryl methyl sites for hydroxylation is 2. The van der Waals surface area contributed by atoms with Gasteiger partial charge in [0, 0.05) is 18.8 Å². The summed E-state index contributed by atoms with van der Waals surface area (Å²) in [6.45, 7) is 5.89. The van der Waals surface area contributed by atoms with E-state index in [1.807, 2.05) is 37.4 Å². The van der Waals surface area contributed by atoms with E-state index in [1.54, 1.807) is 12.3 Å². The van der Waals surface area contributed by atoms with Gasteiger partial charge in [-0.1, -0.05) is 12.5 Å². The standard InChI is InChI=1S/C23H25N7/c1-16-6-5-10-25-21(16)15-30-11-4-3-7-22(30)20-12-23(28-17(2)27-20)29-19-9-8-18(13-24)26-14-19/h5-6,8-10,12,14,22H,3-4,7,11,15H2,1-2H3,(H,27,28,29). The van der Waals surface area contributed by atoms with Crippen molar-refractivity contribution in [1.29, 1.82) is 5.26 Å². The predicted octanol–water partition coefficient (Wildman–Crippen LogP) is 4.23. The normalized spacial score (nSPS) is 16.8. The molecule has 0 radical (unpaired) electrons. The molecule has 3 aromatic rings. The Morgan fingerprint density at radius 1 is 1.17 bits per heavy atom. The maximum atomic E-state index is 8.92. The van der Waals surface area contributed by atoms with Crippen molar-refractivity contribution in [3.05, 3.63) is 71.2 Å². The first-order valence-electron chi connectivity index (χ1n) is 10.3. The van der Waals surface area contributed by atoms with Crippen LogP contribution in [-0.4, -0.2) is 31.4 Å². The summed E-state index contributed by atoms with van der Waals surface area (Å²) >= 11 is 0. The van der Waals surface area contributed by atoms with Crippen LogP contribution in [0.4, 0.5) is 11.5 Å². The van der Waals surface area contributed by atoms with Gasteiger partial charge in [-0.3, -0.25) is 9.88 Å². The molecule has 1 fully saturated rings. The van der Waals surface area contributed by atoms with Gasteiger partial charge in [0.1, 0.15) is 23.4 Å². The Morgan fingerprint density at radius 3 is 2.83 bits per heavy atom. The Labute approximate surface area is 176 Å². The molecule has 4 rings (SSSR count). The third-order valence-electron chi connectivity index (χ3n) is 5.43. The summed E-state index contributed by atoms with van der Waals surface area (Å²) in [7, 11) is 0. The summed E-state index contributed by atoms with van der Waals surface area (Å²) in [4.78, 5) is 20.5. The van der Waals surface area contributed by atoms with Gasteiger partial charge in [0.25, 0.3) is 0 Å². The number of pyridine rings is 2. The Hall–Kier alpha value is -3.37. The molecule has 1 unspecified atom stereocenters. The van der Waals surface area contributed by atoms with Crippen LogP contribution in [0.3, 0.4) is 0 Å². The summed E-state index contributed by atoms with van der Waals surface area (Å²) in [5.74, 6) is 1.47. The minimum Gasteiger partial charge on any atom is -0.339 e. The van der Waals surface area contributed by atoms with Crippen molar-refractivity contribution in [2.24, 2.45) is 0 Å². The van der Waals surface area contributed by atoms with Crippen LogP contribution in [0.2, 0.25) is 0 Å². The lowest BCUT2D eigenvalue weighted by Crippen LogP contribution is -2.34. The fourth-order valence-corrected chi connectivity index (χ4v) is 3.90. The third-order valence-corrected chi connectivity index (χ3v) is 5.43. The number of anilines is 2. The van der Waals surface area contributed by atoms with Crippen molar-refractivity contribution in [2.75, 3.05) is 11.9 Å². The maximum Gasteiger partial charge on any atom is 0.140 e. The quantitative estimate of drug-likeness (QED) is 0.686. The van der Waals surface area contributed by atoms with Gasteiger partial charge in [-0.2, -0.15) is 5.26 Å². The number of piperidine rings is 1. The first kappa shape index (κ1) is 19.9. The lowest BCUT2D eigenvalue weighted by molar-refractivity contribution is 0.135. The van der Waals surface area contributed by atoms with Crippen molar-refractivity contribution in [3.8, 4) is 6.07 Å². The molecular formula is C23H25N7. The molecule has 3 aromatic heterocycles. The van der Waals surface area contributed by atoms with Gasteiger partial charge in [0.05, 0.1) is 29.3 Å². The Morgan fingerprint density at radius 2 is 2.07 bits per heavy atom. The average molecular weight is 400 g/mol. The summed E-state index contributed by atoms with van der Waals surface area (Å²) in [6.07, 6.45) is 6.96. The SMILES string of the molecule is Cc1nc(Nc2ccc(C#N)nc2)cc(C2CCCCN2Cc2ncccc2C)n1. The number of hydrogen-bond donors (Lipinski definition) is 1. The molecular weight excluding hydrogens is 374 g/mol. The largest absolute Gasteiger partial charge is 0.339 e. The minimum absolute atomic E-state index is 0.237. The van der Waals surface area contributed by atoms with Crippen LogP contribution in [-0.2, 0) is 6.54 Å². The zero-order chi connectivity index (χ0) is 20.9. The predicted molar refractivity (Wildman–Crippen MR) is 115 cm³/mol. The monoisotopic (exact) mass is 399 g/mol. The van der Waals surface area contributed by atoms with Gasteiger partial charge in [0.15, 0.2) is 0 Å². The van der Waals surface area contributed by atoms with Crippen LogP contribution in [0, 0.1) is 25.2 Å². The maximum absolute atomic E-state index is 8.92. The number of aromatic nitrogens is 4. The second-order valence-electron chi connectivity index (χ2n) is 7.64. The number of nitrogens with one attached hydrogen (secondary N) is 1. The number of likely N-dealkylation sites (tertiary alicyclic amines) is 1. The zero-order valence-corrected chi connectivity index (χ0v) is 17.3. The molecule has 1 atom stereocenters. The molecule has 0 amide bonds. The molecule has 1 aliphatic heterocycles. The third kappa shape index (κ3) is 4.61. The van der Waals surface area contributed by atoms with E-state index in [4.69, 9.17) is 10.2 Å². The average Bonchev–Trinajstić information content (AvgIpc) is 2.76. The van der Waals surface area contributed by atoms with Crippen LogP contribution in [0.1, 0.15) is 53.8 Å². The number of rotatable bonds is 5. The topological polar surface area (TPSA) is 90.6 Å². The number of hydrogen-bond acceptors (Lipinski definition) is 7. The van der Waals surface area contributed by atoms with Crippen molar-refractivity contribution in [3.63, 3.8) is 0 Å². The van der Waals surface area contributed by atoms with E-state index in [9.17, 15) is 0 Å². The smallest absolute Gasteiger partial charge is 0.140 e. The summed E-state index contributed by atoms with van der Waals surface area (Å²) in [5, 5.41) is 12.2. The molecule has 4 heterocycles. The minimum atomic E-state index is 0.237. The number of nitrogens with zero attached hydrogens (tertiary/aromatic N) is 6. The second-order valence-corrected chi connectivity index (χ2v) is 7.64. The molecule has 0 saturated carbocycles. The van der Waals surface area contributed by atoms with Gasteiger partial charge in [-0.15, -0.1) is 0 Å². The van der Waals surface area contributed by atoms with Gasteiger partial charge in [-0.05, 0) is 57.0 Å². The molecule has 1 aliphatic rings. The van der Waals surface area contributed by atoms with Crippen LogP contribution >= 0.6 is 0 Å². The van der Waals surface area contributed by atoms with Crippen LogP contribution in [0.25, 0.3) is 0 Å². The molecule has 7 heteroatoms. The van der Waals surface area contributed by atoms with E-state index >= 15 is 0 Å². The van der Waals surface area contributed by atoms with Crippen LogP contribution in [0.15, 0.2) is 42.7 Å². The molecule has 7 nitrogen and oxygen atoms in total. The Balaban J connectivity index is 1.58. The van der Waals surface area contributed by atoms with Crippen LogP contribution < -0.4 is 5.32 Å². The van der Waals surface area contributed by atoms with E-state index in [2.05, 4.69) is 38.2 Å². The van der Waals surface area contributed by atoms with Crippen molar-refractivity contribution >= 4 is 11.5 Å². The fourth-order valence-electron chi connectivity index (χ4n) is 3.90. The number of nitriles is 1. The van der Waals surface area contributed by atoms with E-state index in [1.165, 1.54) is 18.4 Å². The molecule has 1 saturated heterocycles. The van der Waals surface area contributed by atoms with Gasteiger partial charge in [0.2, 0.25) is 0 Å². The highest BCUT2D eigenvalue weighted by Gasteiger charge is 2.26. The molecule has 1 N–H and O–H groups in total. The zero-order valence-electron chi connectivity index (χ0n) is 17.3. The summed E-state index contributed by atoms with van der Waals surface area (Å²) in [5.41, 5.74) is 4.55. The summed E-state index contributed by atoms with van der Waals surface area (Å²) in [6, 6.07) is 11.9. The van der Waals surface area contributed by atoms with E-state index < -0.39 is 0 Å². The van der Waals surface area contributed by atoms with Gasteiger partial charge in [-0.25, -0.2) is 15.0 Å². The van der Waals surface area contributed by atoms with E-state index in [0.717, 1.165) is 48.2 Å². The first-order chi connectivity index (χ1) is 14.6.